The van der Waals surface area contributed by atoms with Crippen molar-refractivity contribution >= 4 is 34.8 Å². The highest BCUT2D eigenvalue weighted by Crippen LogP contribution is 2.29. The normalized spacial score (nSPS) is 12.0. The number of alkyl halides is 3. The van der Waals surface area contributed by atoms with Gasteiger partial charge in [-0.3, -0.25) is 0 Å². The molecule has 0 unspecified atom stereocenters. The Balaban J connectivity index is 3.04. The maximum absolute atomic E-state index is 8.27. The van der Waals surface area contributed by atoms with Gasteiger partial charge < -0.3 is 9.84 Å². The first-order chi connectivity index (χ1) is 4.56. The number of hydrogen-bond donors (Lipinski definition) is 1. The quantitative estimate of drug-likeness (QED) is 0.562. The van der Waals surface area contributed by atoms with Crippen molar-refractivity contribution in [1.29, 1.82) is 0 Å². The van der Waals surface area contributed by atoms with E-state index in [9.17, 15) is 0 Å². The topological polar surface area (TPSA) is 29.5 Å². The molecule has 1 N–H and O–H groups in total. The van der Waals surface area contributed by atoms with E-state index in [2.05, 4.69) is 0 Å². The highest BCUT2D eigenvalue weighted by Gasteiger charge is 2.18. The maximum atomic E-state index is 8.27. The van der Waals surface area contributed by atoms with Crippen molar-refractivity contribution in [3.8, 4) is 0 Å². The second-order valence-corrected chi connectivity index (χ2v) is 4.22. The zero-order valence-corrected chi connectivity index (χ0v) is 7.59. The Bertz CT molecular complexity index is 81.5. The van der Waals surface area contributed by atoms with E-state index in [0.717, 1.165) is 0 Å². The fraction of sp³-hybridized carbons (Fsp3) is 1.00. The van der Waals surface area contributed by atoms with Gasteiger partial charge in [-0.1, -0.05) is 34.8 Å². The molecule has 0 aromatic rings. The molecule has 0 fully saturated rings. The molecule has 0 aliphatic rings. The summed E-state index contributed by atoms with van der Waals surface area (Å²) in [5.74, 6) is 0. The average Bonchev–Trinajstić information content (AvgIpc) is 1.78. The first-order valence-corrected chi connectivity index (χ1v) is 3.95. The third-order valence-electron chi connectivity index (χ3n) is 0.765. The first kappa shape index (κ1) is 10.8. The number of rotatable bonds is 4. The number of aliphatic hydroxyl groups excluding tert-OH is 1. The minimum atomic E-state index is -1.24. The smallest absolute Gasteiger partial charge is 0.192 e. The van der Waals surface area contributed by atoms with Crippen LogP contribution in [0.5, 0.6) is 0 Å². The van der Waals surface area contributed by atoms with Crippen LogP contribution in [0, 0.1) is 0 Å². The molecule has 0 atom stereocenters. The standard InChI is InChI=1S/C5H9Cl3O2/c6-5(7,8)1-3-10-4-2-9/h9H,1-4H2. The van der Waals surface area contributed by atoms with Crippen molar-refractivity contribution in [2.45, 2.75) is 10.2 Å². The predicted octanol–water partition coefficient (Wildman–Crippen LogP) is 1.76. The van der Waals surface area contributed by atoms with Crippen molar-refractivity contribution in [2.24, 2.45) is 0 Å². The van der Waals surface area contributed by atoms with Gasteiger partial charge >= 0.3 is 0 Å². The van der Waals surface area contributed by atoms with Crippen LogP contribution in [0.3, 0.4) is 0 Å². The van der Waals surface area contributed by atoms with Gasteiger partial charge in [0.15, 0.2) is 3.79 Å². The molecule has 0 aromatic heterocycles. The zero-order chi connectivity index (χ0) is 8.04. The van der Waals surface area contributed by atoms with Gasteiger partial charge in [-0.2, -0.15) is 0 Å². The number of hydrogen-bond acceptors (Lipinski definition) is 2. The third kappa shape index (κ3) is 8.79. The molecule has 0 heterocycles. The second-order valence-electron chi connectivity index (χ2n) is 1.70. The molecular weight excluding hydrogens is 198 g/mol. The van der Waals surface area contributed by atoms with Crippen molar-refractivity contribution in [2.75, 3.05) is 19.8 Å². The van der Waals surface area contributed by atoms with Crippen LogP contribution in [0.1, 0.15) is 6.42 Å². The third-order valence-corrected chi connectivity index (χ3v) is 1.33. The second kappa shape index (κ2) is 5.44. The predicted molar refractivity (Wildman–Crippen MR) is 42.8 cm³/mol. The van der Waals surface area contributed by atoms with E-state index in [0.29, 0.717) is 19.6 Å². The molecule has 0 amide bonds. The molecule has 62 valence electrons. The molecular formula is C5H9Cl3O2. The lowest BCUT2D eigenvalue weighted by atomic mass is 10.5. The number of aliphatic hydroxyl groups is 1. The van der Waals surface area contributed by atoms with Crippen LogP contribution in [0.2, 0.25) is 0 Å². The van der Waals surface area contributed by atoms with Gasteiger partial charge in [-0.15, -0.1) is 0 Å². The van der Waals surface area contributed by atoms with E-state index in [-0.39, 0.29) is 6.61 Å². The first-order valence-electron chi connectivity index (χ1n) is 2.81. The van der Waals surface area contributed by atoms with Crippen LogP contribution in [-0.4, -0.2) is 28.7 Å². The summed E-state index contributed by atoms with van der Waals surface area (Å²) in [4.78, 5) is 0. The van der Waals surface area contributed by atoms with Crippen molar-refractivity contribution in [1.82, 2.24) is 0 Å². The molecule has 10 heavy (non-hydrogen) atoms. The van der Waals surface area contributed by atoms with Crippen LogP contribution >= 0.6 is 34.8 Å². The molecule has 0 spiro atoms. The molecule has 0 aromatic carbocycles. The lowest BCUT2D eigenvalue weighted by molar-refractivity contribution is 0.0912. The summed E-state index contributed by atoms with van der Waals surface area (Å²) < 4.78 is 3.61. The van der Waals surface area contributed by atoms with Gasteiger partial charge in [0.1, 0.15) is 0 Å². The van der Waals surface area contributed by atoms with Crippen LogP contribution in [-0.2, 0) is 4.74 Å². The van der Waals surface area contributed by atoms with E-state index >= 15 is 0 Å². The van der Waals surface area contributed by atoms with E-state index in [1.807, 2.05) is 0 Å². The Labute approximate surface area is 75.0 Å². The zero-order valence-electron chi connectivity index (χ0n) is 5.32. The fourth-order valence-corrected chi connectivity index (χ4v) is 0.586. The highest BCUT2D eigenvalue weighted by molar-refractivity contribution is 6.67. The van der Waals surface area contributed by atoms with Gasteiger partial charge in [0.25, 0.3) is 0 Å². The van der Waals surface area contributed by atoms with Crippen LogP contribution in [0.15, 0.2) is 0 Å². The molecule has 0 aliphatic heterocycles. The molecule has 0 saturated carbocycles. The lowest BCUT2D eigenvalue weighted by Gasteiger charge is -2.09. The Hall–Kier alpha value is 0.790. The molecule has 0 aliphatic carbocycles. The van der Waals surface area contributed by atoms with Gasteiger partial charge in [-0.25, -0.2) is 0 Å². The molecule has 0 saturated heterocycles. The van der Waals surface area contributed by atoms with Crippen LogP contribution in [0.25, 0.3) is 0 Å². The van der Waals surface area contributed by atoms with Gasteiger partial charge in [0.05, 0.1) is 19.8 Å². The summed E-state index contributed by atoms with van der Waals surface area (Å²) in [7, 11) is 0. The van der Waals surface area contributed by atoms with Crippen LogP contribution < -0.4 is 0 Å². The van der Waals surface area contributed by atoms with Gasteiger partial charge in [0.2, 0.25) is 0 Å². The van der Waals surface area contributed by atoms with Gasteiger partial charge in [0, 0.05) is 6.42 Å². The van der Waals surface area contributed by atoms with Gasteiger partial charge in [-0.05, 0) is 0 Å². The molecule has 2 nitrogen and oxygen atoms in total. The van der Waals surface area contributed by atoms with Crippen molar-refractivity contribution < 1.29 is 9.84 Å². The summed E-state index contributed by atoms with van der Waals surface area (Å²) in [5.41, 5.74) is 0. The van der Waals surface area contributed by atoms with Crippen molar-refractivity contribution in [3.63, 3.8) is 0 Å². The fourth-order valence-electron chi connectivity index (χ4n) is 0.355. The lowest BCUT2D eigenvalue weighted by Crippen LogP contribution is -2.09. The van der Waals surface area contributed by atoms with E-state index < -0.39 is 3.79 Å². The Morgan fingerprint density at radius 3 is 2.20 bits per heavy atom. The van der Waals surface area contributed by atoms with Crippen LogP contribution in [0.4, 0.5) is 0 Å². The highest BCUT2D eigenvalue weighted by atomic mass is 35.6. The minimum absolute atomic E-state index is 0.000142. The Morgan fingerprint density at radius 2 is 1.80 bits per heavy atom. The summed E-state index contributed by atoms with van der Waals surface area (Å²) in [6.45, 7) is 0.650. The number of ether oxygens (including phenoxy) is 1. The molecule has 0 bridgehead atoms. The molecule has 5 heteroatoms. The SMILES string of the molecule is OCCOCCC(Cl)(Cl)Cl. The molecule has 0 radical (unpaired) electrons. The Kier molecular flexibility index (Phi) is 5.87. The Morgan fingerprint density at radius 1 is 1.20 bits per heavy atom. The van der Waals surface area contributed by atoms with E-state index in [1.54, 1.807) is 0 Å². The summed E-state index contributed by atoms with van der Waals surface area (Å²) in [5, 5.41) is 8.27. The van der Waals surface area contributed by atoms with Crippen molar-refractivity contribution in [3.05, 3.63) is 0 Å². The summed E-state index contributed by atoms with van der Waals surface area (Å²) >= 11 is 16.2. The summed E-state index contributed by atoms with van der Waals surface area (Å²) in [6.07, 6.45) is 0.345. The maximum Gasteiger partial charge on any atom is 0.192 e. The monoisotopic (exact) mass is 206 g/mol. The molecule has 0 rings (SSSR count). The number of halogens is 3. The summed E-state index contributed by atoms with van der Waals surface area (Å²) in [6, 6.07) is 0. The average molecular weight is 207 g/mol. The largest absolute Gasteiger partial charge is 0.394 e. The minimum Gasteiger partial charge on any atom is -0.394 e. The van der Waals surface area contributed by atoms with E-state index in [4.69, 9.17) is 44.6 Å². The van der Waals surface area contributed by atoms with E-state index in [1.165, 1.54) is 0 Å².